The first-order valence-electron chi connectivity index (χ1n) is 5.94. The molecule has 8 bridgehead atoms. The maximum absolute atomic E-state index is 10.6. The summed E-state index contributed by atoms with van der Waals surface area (Å²) in [6.07, 6.45) is 1.08. The lowest BCUT2D eigenvalue weighted by atomic mass is 9.57. The van der Waals surface area contributed by atoms with E-state index in [9.17, 15) is 10.2 Å². The summed E-state index contributed by atoms with van der Waals surface area (Å²) in [6, 6.07) is -0.380. The van der Waals surface area contributed by atoms with Crippen molar-refractivity contribution in [1.29, 1.82) is 0 Å². The molecule has 1 aliphatic carbocycles. The topological polar surface area (TPSA) is 83.0 Å². The van der Waals surface area contributed by atoms with Crippen molar-refractivity contribution in [1.82, 2.24) is 10.6 Å². The van der Waals surface area contributed by atoms with E-state index in [1.165, 1.54) is 0 Å². The molecule has 0 spiro atoms. The van der Waals surface area contributed by atoms with Crippen LogP contribution in [0.5, 0.6) is 0 Å². The minimum atomic E-state index is -1.12. The third-order valence-electron chi connectivity index (χ3n) is 5.09. The molecule has 16 heavy (non-hydrogen) atoms. The van der Waals surface area contributed by atoms with Gasteiger partial charge in [0, 0.05) is 11.8 Å². The van der Waals surface area contributed by atoms with Crippen LogP contribution >= 0.6 is 0 Å². The van der Waals surface area contributed by atoms with E-state index in [1.807, 2.05) is 0 Å². The molecule has 0 aromatic rings. The Labute approximate surface area is 91.9 Å². The van der Waals surface area contributed by atoms with Crippen molar-refractivity contribution in [2.24, 2.45) is 11.8 Å². The number of hydrogen-bond donors (Lipinski definition) is 4. The predicted octanol–water partition coefficient (Wildman–Crippen LogP) is -1.95. The zero-order chi connectivity index (χ0) is 10.7. The van der Waals surface area contributed by atoms with Gasteiger partial charge in [-0.1, -0.05) is 0 Å². The van der Waals surface area contributed by atoms with E-state index in [4.69, 9.17) is 9.47 Å². The van der Waals surface area contributed by atoms with Crippen molar-refractivity contribution in [3.63, 3.8) is 0 Å². The summed E-state index contributed by atoms with van der Waals surface area (Å²) < 4.78 is 11.4. The van der Waals surface area contributed by atoms with Gasteiger partial charge in [-0.2, -0.15) is 0 Å². The molecule has 4 N–H and O–H groups in total. The fraction of sp³-hybridized carbons (Fsp3) is 1.00. The van der Waals surface area contributed by atoms with Gasteiger partial charge in [0.15, 0.2) is 11.6 Å². The molecule has 6 heterocycles. The van der Waals surface area contributed by atoms with E-state index in [0.29, 0.717) is 12.8 Å². The summed E-state index contributed by atoms with van der Waals surface area (Å²) in [7, 11) is 0. The van der Waals surface area contributed by atoms with E-state index < -0.39 is 11.6 Å². The van der Waals surface area contributed by atoms with E-state index in [2.05, 4.69) is 10.6 Å². The Hall–Kier alpha value is -0.240. The predicted molar refractivity (Wildman–Crippen MR) is 49.7 cm³/mol. The van der Waals surface area contributed by atoms with Gasteiger partial charge in [0.2, 0.25) is 0 Å². The quantitative estimate of drug-likeness (QED) is 0.384. The Morgan fingerprint density at radius 1 is 0.875 bits per heavy atom. The largest absolute Gasteiger partial charge is 0.364 e. The van der Waals surface area contributed by atoms with E-state index in [-0.39, 0.29) is 36.4 Å². The molecule has 0 radical (unpaired) electrons. The van der Waals surface area contributed by atoms with Crippen LogP contribution in [0.3, 0.4) is 0 Å². The number of piperidine rings is 2. The van der Waals surface area contributed by atoms with Gasteiger partial charge in [-0.05, 0) is 12.8 Å². The molecule has 0 amide bonds. The molecule has 6 nitrogen and oxygen atoms in total. The van der Waals surface area contributed by atoms with Gasteiger partial charge in [0.25, 0.3) is 0 Å². The molecule has 8 unspecified atom stereocenters. The zero-order valence-electron chi connectivity index (χ0n) is 8.59. The molecular weight excluding hydrogens is 212 g/mol. The molecule has 88 valence electrons. The van der Waals surface area contributed by atoms with Crippen LogP contribution in [0.25, 0.3) is 0 Å². The van der Waals surface area contributed by atoms with Crippen molar-refractivity contribution in [3.05, 3.63) is 0 Å². The number of ether oxygens (including phenoxy) is 2. The number of rotatable bonds is 0. The van der Waals surface area contributed by atoms with E-state index in [1.54, 1.807) is 0 Å². The van der Waals surface area contributed by atoms with Gasteiger partial charge in [0.1, 0.15) is 12.5 Å². The standard InChI is InChI=1S/C10H14N2O4/c13-9-3-1-5-11-8(9)4-2-6(16-9)12-7(3)10(4,14)15-5/h3-8,11-14H,1-2H2. The highest BCUT2D eigenvalue weighted by Crippen LogP contribution is 2.60. The molecule has 6 heteroatoms. The first-order valence-corrected chi connectivity index (χ1v) is 5.94. The first-order chi connectivity index (χ1) is 7.61. The smallest absolute Gasteiger partial charge is 0.188 e. The maximum atomic E-state index is 10.6. The summed E-state index contributed by atoms with van der Waals surface area (Å²) in [6.45, 7) is 0. The van der Waals surface area contributed by atoms with Gasteiger partial charge in [0.05, 0.1) is 12.1 Å². The first kappa shape index (κ1) is 8.79. The van der Waals surface area contributed by atoms with Crippen LogP contribution < -0.4 is 10.6 Å². The molecule has 8 atom stereocenters. The summed E-state index contributed by atoms with van der Waals surface area (Å²) in [4.78, 5) is 0. The van der Waals surface area contributed by atoms with Crippen LogP contribution in [0.2, 0.25) is 0 Å². The Balaban J connectivity index is 1.76. The summed E-state index contributed by atoms with van der Waals surface area (Å²) >= 11 is 0. The van der Waals surface area contributed by atoms with Crippen molar-refractivity contribution in [2.75, 3.05) is 0 Å². The molecule has 7 aliphatic rings. The Morgan fingerprint density at radius 3 is 1.75 bits per heavy atom. The van der Waals surface area contributed by atoms with Crippen molar-refractivity contribution in [3.8, 4) is 0 Å². The molecule has 0 aromatic carbocycles. The second kappa shape index (κ2) is 2.19. The van der Waals surface area contributed by atoms with Crippen LogP contribution in [0.1, 0.15) is 12.8 Å². The molecule has 0 aromatic heterocycles. The normalized spacial score (nSPS) is 73.9. The Kier molecular flexibility index (Phi) is 1.20. The van der Waals surface area contributed by atoms with Gasteiger partial charge in [-0.3, -0.25) is 10.6 Å². The summed E-state index contributed by atoms with van der Waals surface area (Å²) in [5, 5.41) is 27.8. The monoisotopic (exact) mass is 226 g/mol. The van der Waals surface area contributed by atoms with Gasteiger partial charge in [-0.25, -0.2) is 0 Å². The zero-order valence-corrected chi connectivity index (χ0v) is 8.59. The van der Waals surface area contributed by atoms with Crippen LogP contribution in [0.15, 0.2) is 0 Å². The highest BCUT2D eigenvalue weighted by atomic mass is 16.7. The summed E-state index contributed by atoms with van der Waals surface area (Å²) in [5.74, 6) is -2.38. The van der Waals surface area contributed by atoms with Crippen LogP contribution in [-0.4, -0.2) is 46.3 Å². The highest BCUT2D eigenvalue weighted by molar-refractivity contribution is 5.23. The lowest BCUT2D eigenvalue weighted by molar-refractivity contribution is -0.484. The molecule has 6 saturated heterocycles. The molecule has 7 rings (SSSR count). The molecule has 7 fully saturated rings. The molecule has 6 aliphatic heterocycles. The fourth-order valence-electron chi connectivity index (χ4n) is 4.54. The average Bonchev–Trinajstić information content (AvgIpc) is 2.24. The molecular formula is C10H14N2O4. The van der Waals surface area contributed by atoms with Gasteiger partial charge < -0.3 is 19.7 Å². The fourth-order valence-corrected chi connectivity index (χ4v) is 4.54. The average molecular weight is 226 g/mol. The SMILES string of the molecule is OC12OC3CC4C1NC1CC2C(N3)C4(O)O1. The van der Waals surface area contributed by atoms with Crippen LogP contribution in [0, 0.1) is 11.8 Å². The maximum Gasteiger partial charge on any atom is 0.188 e. The van der Waals surface area contributed by atoms with Gasteiger partial charge >= 0.3 is 0 Å². The third kappa shape index (κ3) is 0.672. The Morgan fingerprint density at radius 2 is 1.31 bits per heavy atom. The van der Waals surface area contributed by atoms with Crippen molar-refractivity contribution >= 4 is 0 Å². The van der Waals surface area contributed by atoms with E-state index in [0.717, 1.165) is 0 Å². The third-order valence-corrected chi connectivity index (χ3v) is 5.09. The minimum Gasteiger partial charge on any atom is -0.364 e. The van der Waals surface area contributed by atoms with Gasteiger partial charge in [-0.15, -0.1) is 0 Å². The molecule has 1 saturated carbocycles. The number of aliphatic hydroxyl groups is 2. The second-order valence-corrected chi connectivity index (χ2v) is 5.69. The van der Waals surface area contributed by atoms with Crippen molar-refractivity contribution in [2.45, 2.75) is 49.0 Å². The highest BCUT2D eigenvalue weighted by Gasteiger charge is 2.78. The van der Waals surface area contributed by atoms with Crippen LogP contribution in [0.4, 0.5) is 0 Å². The second-order valence-electron chi connectivity index (χ2n) is 5.69. The lowest BCUT2D eigenvalue weighted by Gasteiger charge is -2.73. The van der Waals surface area contributed by atoms with Crippen molar-refractivity contribution < 1.29 is 19.7 Å². The van der Waals surface area contributed by atoms with E-state index >= 15 is 0 Å². The Bertz CT molecular complexity index is 329. The van der Waals surface area contributed by atoms with Crippen LogP contribution in [-0.2, 0) is 9.47 Å². The minimum absolute atomic E-state index is 0.0738. The lowest BCUT2D eigenvalue weighted by Crippen LogP contribution is -2.92. The number of nitrogens with one attached hydrogen (secondary N) is 2. The number of hydrogen-bond acceptors (Lipinski definition) is 6. The summed E-state index contributed by atoms with van der Waals surface area (Å²) in [5.41, 5.74) is 0.